The van der Waals surface area contributed by atoms with Gasteiger partial charge in [0.1, 0.15) is 11.6 Å². The van der Waals surface area contributed by atoms with Crippen molar-refractivity contribution in [2.24, 2.45) is 0 Å². The number of unbranched alkanes of at least 4 members (excludes halogenated alkanes) is 1. The highest BCUT2D eigenvalue weighted by atomic mass is 32.2. The van der Waals surface area contributed by atoms with Crippen molar-refractivity contribution in [3.05, 3.63) is 65.3 Å². The van der Waals surface area contributed by atoms with Crippen LogP contribution in [0.1, 0.15) is 25.3 Å². The van der Waals surface area contributed by atoms with Gasteiger partial charge >= 0.3 is 0 Å². The summed E-state index contributed by atoms with van der Waals surface area (Å²) >= 11 is 1.47. The van der Waals surface area contributed by atoms with E-state index in [4.69, 9.17) is 4.74 Å². The molecule has 1 aliphatic rings. The molecule has 5 nitrogen and oxygen atoms in total. The molecule has 0 fully saturated rings. The maximum atomic E-state index is 13.2. The maximum Gasteiger partial charge on any atom is 0.214 e. The summed E-state index contributed by atoms with van der Waals surface area (Å²) in [6.07, 6.45) is 2.15. The van der Waals surface area contributed by atoms with Gasteiger partial charge in [-0.25, -0.2) is 9.07 Å². The molecule has 3 aromatic rings. The lowest BCUT2D eigenvalue weighted by molar-refractivity contribution is 0.309. The van der Waals surface area contributed by atoms with Crippen LogP contribution < -0.4 is 10.2 Å². The van der Waals surface area contributed by atoms with Crippen LogP contribution in [0.2, 0.25) is 0 Å². The van der Waals surface area contributed by atoms with Crippen LogP contribution in [0.5, 0.6) is 5.75 Å². The largest absolute Gasteiger partial charge is 0.494 e. The molecule has 0 aliphatic carbocycles. The summed E-state index contributed by atoms with van der Waals surface area (Å²) in [5.41, 5.74) is 6.02. The summed E-state index contributed by atoms with van der Waals surface area (Å²) in [7, 11) is 0. The number of hydrogen-bond donors (Lipinski definition) is 1. The third-order valence-electron chi connectivity index (χ3n) is 4.18. The van der Waals surface area contributed by atoms with Crippen molar-refractivity contribution in [3.63, 3.8) is 0 Å². The molecule has 2 aromatic carbocycles. The van der Waals surface area contributed by atoms with Crippen molar-refractivity contribution in [2.75, 3.05) is 12.0 Å². The van der Waals surface area contributed by atoms with Crippen molar-refractivity contribution in [1.82, 2.24) is 14.9 Å². The number of fused-ring (bicyclic) bond motifs is 1. The Bertz CT molecular complexity index is 951. The van der Waals surface area contributed by atoms with E-state index in [2.05, 4.69) is 22.5 Å². The molecule has 0 unspecified atom stereocenters. The van der Waals surface area contributed by atoms with Gasteiger partial charge in [-0.1, -0.05) is 25.1 Å². The van der Waals surface area contributed by atoms with Crippen LogP contribution >= 0.6 is 11.8 Å². The Hall–Kier alpha value is -2.80. The van der Waals surface area contributed by atoms with Crippen molar-refractivity contribution < 1.29 is 9.13 Å². The van der Waals surface area contributed by atoms with Gasteiger partial charge < -0.3 is 4.74 Å². The van der Waals surface area contributed by atoms with Crippen LogP contribution in [0.4, 0.5) is 4.39 Å². The van der Waals surface area contributed by atoms with Crippen molar-refractivity contribution in [3.8, 4) is 17.1 Å². The molecule has 1 aliphatic heterocycles. The molecule has 0 saturated heterocycles. The zero-order valence-corrected chi connectivity index (χ0v) is 15.7. The third kappa shape index (κ3) is 3.83. The standard InChI is InChI=1S/C20H19FN4OS/c1-2-3-12-26-17-10-6-15(7-11-17)19-22-23-20-25(19)24-18(13-27-20)14-4-8-16(21)9-5-14/h4-11,13,24H,2-3,12H2,1H3. The molecule has 7 heteroatoms. The number of aromatic nitrogens is 3. The average molecular weight is 382 g/mol. The molecule has 0 spiro atoms. The maximum absolute atomic E-state index is 13.2. The Morgan fingerprint density at radius 2 is 1.78 bits per heavy atom. The molecule has 4 rings (SSSR count). The summed E-state index contributed by atoms with van der Waals surface area (Å²) in [5, 5.41) is 11.2. The first-order valence-electron chi connectivity index (χ1n) is 8.83. The Labute approximate surface area is 161 Å². The van der Waals surface area contributed by atoms with Crippen LogP contribution in [-0.2, 0) is 0 Å². The summed E-state index contributed by atoms with van der Waals surface area (Å²) in [4.78, 5) is 0. The fourth-order valence-corrected chi connectivity index (χ4v) is 3.43. The zero-order valence-electron chi connectivity index (χ0n) is 14.9. The van der Waals surface area contributed by atoms with Gasteiger partial charge in [0.2, 0.25) is 5.16 Å². The molecule has 138 valence electrons. The first-order chi connectivity index (χ1) is 13.2. The molecule has 1 N–H and O–H groups in total. The molecule has 0 atom stereocenters. The number of benzene rings is 2. The van der Waals surface area contributed by atoms with E-state index in [-0.39, 0.29) is 5.82 Å². The highest BCUT2D eigenvalue weighted by molar-refractivity contribution is 8.02. The SMILES string of the molecule is CCCCOc1ccc(-c2nnc3n2NC(c2ccc(F)cc2)=CS3)cc1. The minimum Gasteiger partial charge on any atom is -0.494 e. The van der Waals surface area contributed by atoms with Crippen LogP contribution in [0.25, 0.3) is 17.1 Å². The van der Waals surface area contributed by atoms with Gasteiger partial charge in [-0.2, -0.15) is 0 Å². The number of halogens is 1. The molecular weight excluding hydrogens is 363 g/mol. The van der Waals surface area contributed by atoms with Gasteiger partial charge in [-0.05, 0) is 55.0 Å². The number of hydrogen-bond acceptors (Lipinski definition) is 5. The Morgan fingerprint density at radius 1 is 1.04 bits per heavy atom. The molecule has 2 heterocycles. The lowest BCUT2D eigenvalue weighted by atomic mass is 10.2. The topological polar surface area (TPSA) is 52.0 Å². The molecular formula is C20H19FN4OS. The van der Waals surface area contributed by atoms with E-state index in [9.17, 15) is 4.39 Å². The van der Waals surface area contributed by atoms with E-state index in [0.29, 0.717) is 5.82 Å². The van der Waals surface area contributed by atoms with E-state index in [1.165, 1.54) is 23.9 Å². The Balaban J connectivity index is 1.54. The molecule has 1 aromatic heterocycles. The minimum absolute atomic E-state index is 0.255. The molecule has 0 amide bonds. The predicted molar refractivity (Wildman–Crippen MR) is 105 cm³/mol. The fraction of sp³-hybridized carbons (Fsp3) is 0.200. The lowest BCUT2D eigenvalue weighted by Crippen LogP contribution is -2.18. The van der Waals surface area contributed by atoms with Crippen LogP contribution in [0, 0.1) is 5.82 Å². The van der Waals surface area contributed by atoms with Crippen LogP contribution in [0.15, 0.2) is 59.1 Å². The summed E-state index contributed by atoms with van der Waals surface area (Å²) < 4.78 is 20.7. The van der Waals surface area contributed by atoms with Crippen LogP contribution in [-0.4, -0.2) is 21.5 Å². The first kappa shape index (κ1) is 17.6. The third-order valence-corrected chi connectivity index (χ3v) is 5.01. The van der Waals surface area contributed by atoms with Crippen molar-refractivity contribution >= 4 is 17.5 Å². The number of thioether (sulfide) groups is 1. The second-order valence-electron chi connectivity index (χ2n) is 6.14. The van der Waals surface area contributed by atoms with Crippen LogP contribution in [0.3, 0.4) is 0 Å². The van der Waals surface area contributed by atoms with Crippen molar-refractivity contribution in [2.45, 2.75) is 24.9 Å². The van der Waals surface area contributed by atoms with Gasteiger partial charge in [0.05, 0.1) is 12.3 Å². The molecule has 0 radical (unpaired) electrons. The normalized spacial score (nSPS) is 12.9. The monoisotopic (exact) mass is 382 g/mol. The number of nitrogens with zero attached hydrogens (tertiary/aromatic N) is 3. The van der Waals surface area contributed by atoms with Gasteiger partial charge in [0.25, 0.3) is 0 Å². The molecule has 0 bridgehead atoms. The fourth-order valence-electron chi connectivity index (χ4n) is 2.69. The number of ether oxygens (including phenoxy) is 1. The van der Waals surface area contributed by atoms with Gasteiger partial charge in [0, 0.05) is 16.5 Å². The van der Waals surface area contributed by atoms with Gasteiger partial charge in [0.15, 0.2) is 5.82 Å². The molecule has 0 saturated carbocycles. The number of rotatable bonds is 6. The minimum atomic E-state index is -0.255. The predicted octanol–water partition coefficient (Wildman–Crippen LogP) is 4.91. The number of nitrogens with one attached hydrogen (secondary N) is 1. The summed E-state index contributed by atoms with van der Waals surface area (Å²) in [5.74, 6) is 1.31. The zero-order chi connectivity index (χ0) is 18.6. The summed E-state index contributed by atoms with van der Waals surface area (Å²) in [6.45, 7) is 2.86. The average Bonchev–Trinajstić information content (AvgIpc) is 3.12. The lowest BCUT2D eigenvalue weighted by Gasteiger charge is -2.19. The van der Waals surface area contributed by atoms with E-state index in [0.717, 1.165) is 47.2 Å². The highest BCUT2D eigenvalue weighted by Crippen LogP contribution is 2.31. The van der Waals surface area contributed by atoms with Crippen molar-refractivity contribution in [1.29, 1.82) is 0 Å². The Morgan fingerprint density at radius 3 is 2.52 bits per heavy atom. The summed E-state index contributed by atoms with van der Waals surface area (Å²) in [6, 6.07) is 14.2. The van der Waals surface area contributed by atoms with Gasteiger partial charge in [-0.3, -0.25) is 5.43 Å². The van der Waals surface area contributed by atoms with E-state index in [1.807, 2.05) is 34.3 Å². The second kappa shape index (κ2) is 7.84. The molecule has 27 heavy (non-hydrogen) atoms. The quantitative estimate of drug-likeness (QED) is 0.614. The Kier molecular flexibility index (Phi) is 5.11. The van der Waals surface area contributed by atoms with E-state index in [1.54, 1.807) is 12.1 Å². The highest BCUT2D eigenvalue weighted by Gasteiger charge is 2.19. The smallest absolute Gasteiger partial charge is 0.214 e. The second-order valence-corrected chi connectivity index (χ2v) is 6.97. The first-order valence-corrected chi connectivity index (χ1v) is 9.71. The van der Waals surface area contributed by atoms with Gasteiger partial charge in [-0.15, -0.1) is 10.2 Å². The van der Waals surface area contributed by atoms with E-state index >= 15 is 0 Å². The van der Waals surface area contributed by atoms with E-state index < -0.39 is 0 Å².